The van der Waals surface area contributed by atoms with E-state index < -0.39 is 10.0 Å². The first kappa shape index (κ1) is 17.2. The van der Waals surface area contributed by atoms with E-state index in [2.05, 4.69) is 4.72 Å². The maximum Gasteiger partial charge on any atom is 0.242 e. The number of nitrogens with one attached hydrogen (secondary N) is 1. The number of aryl methyl sites for hydroxylation is 1. The topological polar surface area (TPSA) is 86.3 Å². The molecule has 0 amide bonds. The third kappa shape index (κ3) is 4.59. The van der Waals surface area contributed by atoms with Crippen molar-refractivity contribution in [1.29, 1.82) is 0 Å². The zero-order valence-corrected chi connectivity index (χ0v) is 13.2. The van der Waals surface area contributed by atoms with Crippen LogP contribution in [0.2, 0.25) is 0 Å². The van der Waals surface area contributed by atoms with Crippen LogP contribution in [-0.2, 0) is 27.8 Å². The lowest BCUT2D eigenvalue weighted by atomic mass is 10.2. The van der Waals surface area contributed by atoms with Crippen molar-refractivity contribution in [2.24, 2.45) is 11.7 Å². The zero-order chi connectivity index (χ0) is 15.2. The molecular weight excluding hydrogens is 278 g/mol. The number of hydrogen-bond donors (Lipinski definition) is 2. The lowest BCUT2D eigenvalue weighted by Gasteiger charge is -2.11. The van der Waals surface area contributed by atoms with Crippen LogP contribution in [0.15, 0.2) is 17.2 Å². The van der Waals surface area contributed by atoms with Gasteiger partial charge in [-0.3, -0.25) is 0 Å². The second-order valence-electron chi connectivity index (χ2n) is 4.98. The van der Waals surface area contributed by atoms with Crippen LogP contribution >= 0.6 is 0 Å². The van der Waals surface area contributed by atoms with E-state index in [1.165, 1.54) is 0 Å². The van der Waals surface area contributed by atoms with Gasteiger partial charge >= 0.3 is 0 Å². The summed E-state index contributed by atoms with van der Waals surface area (Å²) >= 11 is 0. The van der Waals surface area contributed by atoms with E-state index in [0.29, 0.717) is 19.7 Å². The van der Waals surface area contributed by atoms with Gasteiger partial charge in [-0.2, -0.15) is 0 Å². The summed E-state index contributed by atoms with van der Waals surface area (Å²) in [6, 6.07) is 1.64. The summed E-state index contributed by atoms with van der Waals surface area (Å²) in [6.45, 7) is 5.94. The van der Waals surface area contributed by atoms with E-state index in [9.17, 15) is 8.42 Å². The average Bonchev–Trinajstić information content (AvgIpc) is 2.81. The minimum absolute atomic E-state index is 0.126. The normalized spacial score (nSPS) is 13.6. The van der Waals surface area contributed by atoms with Gasteiger partial charge < -0.3 is 15.0 Å². The van der Waals surface area contributed by atoms with Crippen LogP contribution in [0.5, 0.6) is 0 Å². The number of aromatic nitrogens is 1. The average molecular weight is 303 g/mol. The number of methoxy groups -OCH3 is 1. The molecule has 0 bridgehead atoms. The molecule has 0 radical (unpaired) electrons. The second kappa shape index (κ2) is 7.78. The van der Waals surface area contributed by atoms with Crippen LogP contribution in [0, 0.1) is 5.92 Å². The molecule has 6 nitrogen and oxygen atoms in total. The Kier molecular flexibility index (Phi) is 6.67. The molecule has 7 heteroatoms. The van der Waals surface area contributed by atoms with Gasteiger partial charge in [0.2, 0.25) is 10.0 Å². The Hall–Kier alpha value is -0.890. The number of sulfonamides is 1. The summed E-state index contributed by atoms with van der Waals surface area (Å²) < 4.78 is 33.9. The first-order valence-electron chi connectivity index (χ1n) is 6.82. The molecule has 0 saturated carbocycles. The number of hydrogen-bond acceptors (Lipinski definition) is 4. The van der Waals surface area contributed by atoms with Crippen molar-refractivity contribution in [1.82, 2.24) is 9.29 Å². The molecule has 0 aliphatic heterocycles. The fourth-order valence-corrected chi connectivity index (χ4v) is 3.20. The van der Waals surface area contributed by atoms with E-state index in [1.807, 2.05) is 18.4 Å². The summed E-state index contributed by atoms with van der Waals surface area (Å²) in [7, 11) is -1.89. The van der Waals surface area contributed by atoms with Gasteiger partial charge in [0.15, 0.2) is 0 Å². The van der Waals surface area contributed by atoms with E-state index in [-0.39, 0.29) is 10.8 Å². The lowest BCUT2D eigenvalue weighted by Crippen LogP contribution is -2.29. The van der Waals surface area contributed by atoms with E-state index in [4.69, 9.17) is 10.5 Å². The Morgan fingerprint density at radius 1 is 1.50 bits per heavy atom. The summed E-state index contributed by atoms with van der Waals surface area (Å²) in [5, 5.41) is 0. The van der Waals surface area contributed by atoms with Gasteiger partial charge in [-0.1, -0.05) is 13.8 Å². The van der Waals surface area contributed by atoms with E-state index >= 15 is 0 Å². The first-order valence-corrected chi connectivity index (χ1v) is 8.30. The minimum Gasteiger partial charge on any atom is -0.384 e. The van der Waals surface area contributed by atoms with Gasteiger partial charge in [-0.25, -0.2) is 13.1 Å². The maximum absolute atomic E-state index is 12.2. The molecule has 3 N–H and O–H groups in total. The second-order valence-corrected chi connectivity index (χ2v) is 6.74. The van der Waals surface area contributed by atoms with Gasteiger partial charge in [0.1, 0.15) is 0 Å². The molecule has 1 unspecified atom stereocenters. The molecular formula is C13H25N3O3S. The zero-order valence-electron chi connectivity index (χ0n) is 12.4. The summed E-state index contributed by atoms with van der Waals surface area (Å²) in [5.74, 6) is 0.126. The van der Waals surface area contributed by atoms with Crippen molar-refractivity contribution in [2.45, 2.75) is 38.3 Å². The number of ether oxygens (including phenoxy) is 1. The quantitative estimate of drug-likeness (QED) is 0.710. The Balaban J connectivity index is 2.81. The number of rotatable bonds is 9. The van der Waals surface area contributed by atoms with Gasteiger partial charge in [-0.05, 0) is 18.4 Å². The molecule has 1 heterocycles. The highest BCUT2D eigenvalue weighted by Crippen LogP contribution is 2.15. The smallest absolute Gasteiger partial charge is 0.242 e. The standard InChI is InChI=1S/C13H25N3O3S/c1-4-5-16-9-13(6-12(16)7-14)20(17,18)15-8-11(2)10-19-3/h6,9,11,15H,4-5,7-8,10,14H2,1-3H3. The number of nitrogens with zero attached hydrogens (tertiary/aromatic N) is 1. The molecule has 0 spiro atoms. The molecule has 1 atom stereocenters. The van der Waals surface area contributed by atoms with E-state index in [0.717, 1.165) is 18.7 Å². The molecule has 0 aliphatic rings. The highest BCUT2D eigenvalue weighted by Gasteiger charge is 2.18. The first-order chi connectivity index (χ1) is 9.44. The van der Waals surface area contributed by atoms with E-state index in [1.54, 1.807) is 19.4 Å². The molecule has 1 aromatic heterocycles. The van der Waals surface area contributed by atoms with Gasteiger partial charge in [-0.15, -0.1) is 0 Å². The van der Waals surface area contributed by atoms with Crippen LogP contribution in [-0.4, -0.2) is 33.2 Å². The third-order valence-corrected chi connectivity index (χ3v) is 4.41. The highest BCUT2D eigenvalue weighted by molar-refractivity contribution is 7.89. The van der Waals surface area contributed by atoms with Gasteiger partial charge in [0, 0.05) is 45.2 Å². The molecule has 0 aromatic carbocycles. The van der Waals surface area contributed by atoms with Crippen molar-refractivity contribution in [3.8, 4) is 0 Å². The van der Waals surface area contributed by atoms with Crippen molar-refractivity contribution in [3.05, 3.63) is 18.0 Å². The Morgan fingerprint density at radius 2 is 2.20 bits per heavy atom. The van der Waals surface area contributed by atoms with Crippen LogP contribution in [0.1, 0.15) is 26.0 Å². The molecule has 0 saturated heterocycles. The SMILES string of the molecule is CCCn1cc(S(=O)(=O)NCC(C)COC)cc1CN. The van der Waals surface area contributed by atoms with Crippen LogP contribution in [0.4, 0.5) is 0 Å². The fourth-order valence-electron chi connectivity index (χ4n) is 1.97. The Labute approximate surface area is 121 Å². The Bertz CT molecular complexity index is 511. The maximum atomic E-state index is 12.2. The van der Waals surface area contributed by atoms with Crippen LogP contribution in [0.3, 0.4) is 0 Å². The molecule has 0 fully saturated rings. The van der Waals surface area contributed by atoms with Crippen molar-refractivity contribution >= 4 is 10.0 Å². The van der Waals surface area contributed by atoms with Crippen LogP contribution in [0.25, 0.3) is 0 Å². The van der Waals surface area contributed by atoms with Crippen molar-refractivity contribution in [2.75, 3.05) is 20.3 Å². The number of nitrogens with two attached hydrogens (primary N) is 1. The van der Waals surface area contributed by atoms with Crippen molar-refractivity contribution in [3.63, 3.8) is 0 Å². The monoisotopic (exact) mass is 303 g/mol. The summed E-state index contributed by atoms with van der Waals surface area (Å²) in [5.41, 5.74) is 6.48. The summed E-state index contributed by atoms with van der Waals surface area (Å²) in [4.78, 5) is 0.274. The highest BCUT2D eigenvalue weighted by atomic mass is 32.2. The van der Waals surface area contributed by atoms with Crippen LogP contribution < -0.4 is 10.5 Å². The summed E-state index contributed by atoms with van der Waals surface area (Å²) in [6.07, 6.45) is 2.58. The largest absolute Gasteiger partial charge is 0.384 e. The predicted molar refractivity (Wildman–Crippen MR) is 78.8 cm³/mol. The Morgan fingerprint density at radius 3 is 2.75 bits per heavy atom. The molecule has 20 heavy (non-hydrogen) atoms. The molecule has 116 valence electrons. The van der Waals surface area contributed by atoms with Gasteiger partial charge in [0.05, 0.1) is 4.90 Å². The van der Waals surface area contributed by atoms with Gasteiger partial charge in [0.25, 0.3) is 0 Å². The molecule has 0 aliphatic carbocycles. The predicted octanol–water partition coefficient (Wildman–Crippen LogP) is 0.918. The third-order valence-electron chi connectivity index (χ3n) is 3.02. The minimum atomic E-state index is -3.49. The lowest BCUT2D eigenvalue weighted by molar-refractivity contribution is 0.161. The van der Waals surface area contributed by atoms with Crippen molar-refractivity contribution < 1.29 is 13.2 Å². The molecule has 1 aromatic rings. The fraction of sp³-hybridized carbons (Fsp3) is 0.692. The molecule has 1 rings (SSSR count).